The van der Waals surface area contributed by atoms with Crippen LogP contribution in [0.25, 0.3) is 0 Å². The molecule has 4 rings (SSSR count). The van der Waals surface area contributed by atoms with E-state index in [0.29, 0.717) is 6.10 Å². The Bertz CT molecular complexity index is 753. The fraction of sp³-hybridized carbons (Fsp3) is 0.524. The summed E-state index contributed by atoms with van der Waals surface area (Å²) < 4.78 is 7.83. The lowest BCUT2D eigenvalue weighted by molar-refractivity contribution is -0.122. The fourth-order valence-corrected chi connectivity index (χ4v) is 4.15. The highest BCUT2D eigenvalue weighted by atomic mass is 16.5. The Morgan fingerprint density at radius 1 is 1.11 bits per heavy atom. The van der Waals surface area contributed by atoms with Crippen molar-refractivity contribution in [3.8, 4) is 0 Å². The first kappa shape index (κ1) is 18.2. The number of hydrogen-bond donors (Lipinski definition) is 0. The second-order valence-electron chi connectivity index (χ2n) is 7.51. The third-order valence-corrected chi connectivity index (χ3v) is 5.68. The molecule has 2 aliphatic heterocycles. The summed E-state index contributed by atoms with van der Waals surface area (Å²) in [6, 6.07) is 10.5. The Morgan fingerprint density at radius 3 is 2.59 bits per heavy atom. The molecule has 6 heteroatoms. The van der Waals surface area contributed by atoms with Crippen LogP contribution in [0.5, 0.6) is 0 Å². The molecular weight excluding hydrogens is 340 g/mol. The molecule has 0 aliphatic carbocycles. The van der Waals surface area contributed by atoms with E-state index in [4.69, 9.17) is 4.74 Å². The van der Waals surface area contributed by atoms with Crippen LogP contribution in [0.1, 0.15) is 24.8 Å². The molecular formula is C21H28N4O2. The molecule has 144 valence electrons. The van der Waals surface area contributed by atoms with Gasteiger partial charge in [-0.15, -0.1) is 0 Å². The number of nitrogens with zero attached hydrogens (tertiary/aromatic N) is 4. The molecule has 0 saturated carbocycles. The zero-order valence-corrected chi connectivity index (χ0v) is 16.0. The summed E-state index contributed by atoms with van der Waals surface area (Å²) in [6.07, 6.45) is 7.86. The van der Waals surface area contributed by atoms with Gasteiger partial charge in [-0.25, -0.2) is 0 Å². The lowest BCUT2D eigenvalue weighted by Gasteiger charge is -2.35. The van der Waals surface area contributed by atoms with Crippen molar-refractivity contribution < 1.29 is 9.53 Å². The second kappa shape index (κ2) is 8.23. The normalized spacial score (nSPS) is 21.9. The number of rotatable bonds is 6. The van der Waals surface area contributed by atoms with Crippen LogP contribution in [0, 0.1) is 0 Å². The Balaban J connectivity index is 1.23. The quantitative estimate of drug-likeness (QED) is 0.785. The average molecular weight is 368 g/mol. The first-order valence-electron chi connectivity index (χ1n) is 9.90. The lowest BCUT2D eigenvalue weighted by Crippen LogP contribution is -2.47. The van der Waals surface area contributed by atoms with Gasteiger partial charge < -0.3 is 9.64 Å². The van der Waals surface area contributed by atoms with E-state index < -0.39 is 0 Å². The van der Waals surface area contributed by atoms with E-state index in [2.05, 4.69) is 34.3 Å². The maximum Gasteiger partial charge on any atom is 0.244 e. The van der Waals surface area contributed by atoms with Crippen molar-refractivity contribution in [2.75, 3.05) is 31.1 Å². The number of likely N-dealkylation sites (tertiary alicyclic amines) is 1. The maximum absolute atomic E-state index is 12.8. The van der Waals surface area contributed by atoms with Gasteiger partial charge in [-0.05, 0) is 31.2 Å². The number of amides is 1. The van der Waals surface area contributed by atoms with E-state index >= 15 is 0 Å². The monoisotopic (exact) mass is 368 g/mol. The van der Waals surface area contributed by atoms with Crippen LogP contribution in [0.3, 0.4) is 0 Å². The van der Waals surface area contributed by atoms with Crippen LogP contribution < -0.4 is 4.90 Å². The summed E-state index contributed by atoms with van der Waals surface area (Å²) >= 11 is 0. The number of benzene rings is 1. The first-order chi connectivity index (χ1) is 13.2. The second-order valence-corrected chi connectivity index (χ2v) is 7.51. The Hall–Kier alpha value is -2.18. The average Bonchev–Trinajstić information content (AvgIpc) is 3.29. The minimum atomic E-state index is 0.00970. The Kier molecular flexibility index (Phi) is 5.55. The number of anilines is 1. The van der Waals surface area contributed by atoms with Crippen LogP contribution in [0.4, 0.5) is 5.69 Å². The molecule has 1 amide bonds. The molecule has 1 unspecified atom stereocenters. The smallest absolute Gasteiger partial charge is 0.244 e. The zero-order valence-electron chi connectivity index (χ0n) is 16.0. The molecule has 2 aliphatic rings. The van der Waals surface area contributed by atoms with E-state index in [-0.39, 0.29) is 11.9 Å². The van der Waals surface area contributed by atoms with Crippen LogP contribution in [-0.4, -0.2) is 59.0 Å². The molecule has 1 aromatic heterocycles. The van der Waals surface area contributed by atoms with Gasteiger partial charge in [0, 0.05) is 32.9 Å². The highest BCUT2D eigenvalue weighted by Gasteiger charge is 2.38. The standard InChI is InChI=1S/C21H28N4O2/c1-23-16-18(15-22-23)25-13-9-20(21(25)26)24-11-7-19(8-12-24)27-14-10-17-5-3-2-4-6-17/h2-6,15-16,19-20H,7-14H2,1H3. The highest BCUT2D eigenvalue weighted by Crippen LogP contribution is 2.26. The number of carbonyl (C=O) groups is 1. The van der Waals surface area contributed by atoms with Gasteiger partial charge in [-0.1, -0.05) is 30.3 Å². The highest BCUT2D eigenvalue weighted by molar-refractivity contribution is 5.99. The summed E-state index contributed by atoms with van der Waals surface area (Å²) in [5.74, 6) is 0.214. The predicted octanol–water partition coefficient (Wildman–Crippen LogP) is 2.25. The van der Waals surface area contributed by atoms with Gasteiger partial charge in [-0.2, -0.15) is 5.10 Å². The van der Waals surface area contributed by atoms with E-state index in [0.717, 1.165) is 57.6 Å². The summed E-state index contributed by atoms with van der Waals surface area (Å²) in [5.41, 5.74) is 2.23. The van der Waals surface area contributed by atoms with E-state index in [1.54, 1.807) is 10.9 Å². The molecule has 0 N–H and O–H groups in total. The molecule has 0 spiro atoms. The van der Waals surface area contributed by atoms with Crippen molar-refractivity contribution in [2.45, 2.75) is 37.8 Å². The minimum Gasteiger partial charge on any atom is -0.378 e. The molecule has 27 heavy (non-hydrogen) atoms. The minimum absolute atomic E-state index is 0.00970. The summed E-state index contributed by atoms with van der Waals surface area (Å²) in [5, 5.41) is 4.19. The first-order valence-corrected chi connectivity index (χ1v) is 9.90. The number of aryl methyl sites for hydroxylation is 1. The van der Waals surface area contributed by atoms with E-state index in [1.165, 1.54) is 5.56 Å². The van der Waals surface area contributed by atoms with Crippen molar-refractivity contribution in [3.05, 3.63) is 48.3 Å². The van der Waals surface area contributed by atoms with Gasteiger partial charge in [0.25, 0.3) is 0 Å². The van der Waals surface area contributed by atoms with Crippen LogP contribution >= 0.6 is 0 Å². The molecule has 2 aromatic rings. The number of hydrogen-bond acceptors (Lipinski definition) is 4. The maximum atomic E-state index is 12.8. The third kappa shape index (κ3) is 4.22. The molecule has 2 fully saturated rings. The predicted molar refractivity (Wildman–Crippen MR) is 105 cm³/mol. The van der Waals surface area contributed by atoms with E-state index in [9.17, 15) is 4.79 Å². The van der Waals surface area contributed by atoms with Gasteiger partial charge in [0.1, 0.15) is 0 Å². The number of piperidine rings is 1. The van der Waals surface area contributed by atoms with Crippen molar-refractivity contribution in [1.82, 2.24) is 14.7 Å². The molecule has 6 nitrogen and oxygen atoms in total. The van der Waals surface area contributed by atoms with Crippen molar-refractivity contribution in [3.63, 3.8) is 0 Å². The van der Waals surface area contributed by atoms with Crippen LogP contribution in [-0.2, 0) is 23.0 Å². The van der Waals surface area contributed by atoms with Gasteiger partial charge in [0.2, 0.25) is 5.91 Å². The number of carbonyl (C=O) groups excluding carboxylic acids is 1. The molecule has 1 atom stereocenters. The van der Waals surface area contributed by atoms with E-state index in [1.807, 2.05) is 24.2 Å². The lowest BCUT2D eigenvalue weighted by atomic mass is 10.0. The van der Waals surface area contributed by atoms with Gasteiger partial charge in [-0.3, -0.25) is 14.4 Å². The Labute approximate surface area is 160 Å². The summed E-state index contributed by atoms with van der Waals surface area (Å²) in [6.45, 7) is 3.43. The molecule has 0 radical (unpaired) electrons. The zero-order chi connectivity index (χ0) is 18.6. The third-order valence-electron chi connectivity index (χ3n) is 5.68. The summed E-state index contributed by atoms with van der Waals surface area (Å²) in [4.78, 5) is 17.1. The van der Waals surface area contributed by atoms with Crippen LogP contribution in [0.15, 0.2) is 42.7 Å². The fourth-order valence-electron chi connectivity index (χ4n) is 4.15. The number of aromatic nitrogens is 2. The van der Waals surface area contributed by atoms with Crippen molar-refractivity contribution in [2.24, 2.45) is 7.05 Å². The molecule has 3 heterocycles. The van der Waals surface area contributed by atoms with Crippen LogP contribution in [0.2, 0.25) is 0 Å². The van der Waals surface area contributed by atoms with Gasteiger partial charge >= 0.3 is 0 Å². The SMILES string of the molecule is Cn1cc(N2CCC(N3CCC(OCCc4ccccc4)CC3)C2=O)cn1. The van der Waals surface area contributed by atoms with Crippen molar-refractivity contribution >= 4 is 11.6 Å². The molecule has 2 saturated heterocycles. The van der Waals surface area contributed by atoms with Crippen molar-refractivity contribution in [1.29, 1.82) is 0 Å². The molecule has 0 bridgehead atoms. The van der Waals surface area contributed by atoms with Gasteiger partial charge in [0.05, 0.1) is 30.6 Å². The summed E-state index contributed by atoms with van der Waals surface area (Å²) in [7, 11) is 1.88. The number of ether oxygens (including phenoxy) is 1. The largest absolute Gasteiger partial charge is 0.378 e. The van der Waals surface area contributed by atoms with Gasteiger partial charge in [0.15, 0.2) is 0 Å². The topological polar surface area (TPSA) is 50.6 Å². The Morgan fingerprint density at radius 2 is 1.89 bits per heavy atom. The molecule has 1 aromatic carbocycles.